The zero-order chi connectivity index (χ0) is 20.6. The maximum atomic E-state index is 12.6. The van der Waals surface area contributed by atoms with E-state index >= 15 is 0 Å². The lowest BCUT2D eigenvalue weighted by molar-refractivity contribution is -0.136. The standard InChI is InChI=1S/C21H18N4O4/c1-14-8-10-15(11-9-14)23-19(26)17-6-2-3-7-18(17)24-20(27)21(28)25-22-13-16-5-4-12-29-16/h2-13H,1H3,(H,23,26)(H,24,27)(H,25,28)/b22-13+. The first-order valence-electron chi connectivity index (χ1n) is 8.68. The summed E-state index contributed by atoms with van der Waals surface area (Å²) in [6.45, 7) is 1.94. The van der Waals surface area contributed by atoms with Gasteiger partial charge in [0, 0.05) is 5.69 Å². The second kappa shape index (κ2) is 9.14. The summed E-state index contributed by atoms with van der Waals surface area (Å²) in [4.78, 5) is 36.6. The normalized spacial score (nSPS) is 10.5. The number of amides is 3. The van der Waals surface area contributed by atoms with Crippen LogP contribution in [0.1, 0.15) is 21.7 Å². The fraction of sp³-hybridized carbons (Fsp3) is 0.0476. The molecule has 29 heavy (non-hydrogen) atoms. The Morgan fingerprint density at radius 2 is 1.66 bits per heavy atom. The van der Waals surface area contributed by atoms with E-state index < -0.39 is 17.7 Å². The van der Waals surface area contributed by atoms with Crippen molar-refractivity contribution < 1.29 is 18.8 Å². The molecule has 3 amide bonds. The van der Waals surface area contributed by atoms with E-state index in [1.165, 1.54) is 18.5 Å². The van der Waals surface area contributed by atoms with E-state index in [9.17, 15) is 14.4 Å². The van der Waals surface area contributed by atoms with Crippen molar-refractivity contribution in [2.24, 2.45) is 5.10 Å². The zero-order valence-corrected chi connectivity index (χ0v) is 15.5. The van der Waals surface area contributed by atoms with Gasteiger partial charge in [0.05, 0.1) is 23.7 Å². The number of carbonyl (C=O) groups excluding carboxylic acids is 3. The predicted molar refractivity (Wildman–Crippen MR) is 109 cm³/mol. The third-order valence-corrected chi connectivity index (χ3v) is 3.84. The summed E-state index contributed by atoms with van der Waals surface area (Å²) in [5.41, 5.74) is 4.19. The van der Waals surface area contributed by atoms with Gasteiger partial charge in [0.1, 0.15) is 5.76 Å². The molecule has 0 aliphatic heterocycles. The highest BCUT2D eigenvalue weighted by atomic mass is 16.3. The Morgan fingerprint density at radius 3 is 2.38 bits per heavy atom. The Kier molecular flexibility index (Phi) is 6.16. The molecule has 0 aliphatic carbocycles. The summed E-state index contributed by atoms with van der Waals surface area (Å²) in [5, 5.41) is 8.81. The summed E-state index contributed by atoms with van der Waals surface area (Å²) >= 11 is 0. The van der Waals surface area contributed by atoms with Crippen molar-refractivity contribution in [3.8, 4) is 0 Å². The van der Waals surface area contributed by atoms with Crippen LogP contribution in [0, 0.1) is 6.92 Å². The van der Waals surface area contributed by atoms with Gasteiger partial charge in [-0.2, -0.15) is 5.10 Å². The molecule has 2 aromatic carbocycles. The number of nitrogens with zero attached hydrogens (tertiary/aromatic N) is 1. The summed E-state index contributed by atoms with van der Waals surface area (Å²) in [6, 6.07) is 17.0. The lowest BCUT2D eigenvalue weighted by Crippen LogP contribution is -2.33. The molecule has 0 saturated heterocycles. The Balaban J connectivity index is 1.64. The largest absolute Gasteiger partial charge is 0.463 e. The molecule has 0 radical (unpaired) electrons. The van der Waals surface area contributed by atoms with Crippen molar-refractivity contribution in [1.29, 1.82) is 0 Å². The van der Waals surface area contributed by atoms with Crippen molar-refractivity contribution in [3.63, 3.8) is 0 Å². The molecule has 8 heteroatoms. The topological polar surface area (TPSA) is 113 Å². The molecule has 0 saturated carbocycles. The van der Waals surface area contributed by atoms with Crippen molar-refractivity contribution in [3.05, 3.63) is 83.8 Å². The number of furan rings is 1. The predicted octanol–water partition coefficient (Wildman–Crippen LogP) is 2.93. The number of hydrogen-bond acceptors (Lipinski definition) is 5. The number of hydrazone groups is 1. The van der Waals surface area contributed by atoms with E-state index in [0.717, 1.165) is 5.56 Å². The number of aryl methyl sites for hydroxylation is 1. The maximum absolute atomic E-state index is 12.6. The lowest BCUT2D eigenvalue weighted by Gasteiger charge is -2.11. The second-order valence-electron chi connectivity index (χ2n) is 6.03. The number of carbonyl (C=O) groups is 3. The SMILES string of the molecule is Cc1ccc(NC(=O)c2ccccc2NC(=O)C(=O)N/N=C/c2ccco2)cc1. The van der Waals surface area contributed by atoms with Gasteiger partial charge in [0.15, 0.2) is 0 Å². The first-order valence-corrected chi connectivity index (χ1v) is 8.68. The molecule has 0 atom stereocenters. The van der Waals surface area contributed by atoms with Gasteiger partial charge in [-0.25, -0.2) is 5.43 Å². The van der Waals surface area contributed by atoms with E-state index in [2.05, 4.69) is 21.2 Å². The van der Waals surface area contributed by atoms with Crippen LogP contribution in [0.2, 0.25) is 0 Å². The molecular weight excluding hydrogens is 372 g/mol. The molecule has 0 unspecified atom stereocenters. The van der Waals surface area contributed by atoms with Crippen LogP contribution in [-0.4, -0.2) is 23.9 Å². The fourth-order valence-electron chi connectivity index (χ4n) is 2.37. The van der Waals surface area contributed by atoms with E-state index in [1.807, 2.05) is 19.1 Å². The van der Waals surface area contributed by atoms with Gasteiger partial charge in [-0.3, -0.25) is 14.4 Å². The number of hydrogen-bond donors (Lipinski definition) is 3. The summed E-state index contributed by atoms with van der Waals surface area (Å²) in [5.74, 6) is -1.94. The fourth-order valence-corrected chi connectivity index (χ4v) is 2.37. The minimum Gasteiger partial charge on any atom is -0.463 e. The van der Waals surface area contributed by atoms with Gasteiger partial charge in [-0.1, -0.05) is 29.8 Å². The minimum atomic E-state index is -0.985. The zero-order valence-electron chi connectivity index (χ0n) is 15.5. The van der Waals surface area contributed by atoms with Gasteiger partial charge in [-0.05, 0) is 43.3 Å². The molecule has 3 aromatic rings. The molecule has 0 spiro atoms. The third kappa shape index (κ3) is 5.39. The maximum Gasteiger partial charge on any atom is 0.329 e. The number of rotatable bonds is 5. The molecule has 146 valence electrons. The summed E-state index contributed by atoms with van der Waals surface area (Å²) in [7, 11) is 0. The van der Waals surface area contributed by atoms with Gasteiger partial charge < -0.3 is 15.1 Å². The molecular formula is C21H18N4O4. The Morgan fingerprint density at radius 1 is 0.897 bits per heavy atom. The monoisotopic (exact) mass is 390 g/mol. The molecule has 0 fully saturated rings. The van der Waals surface area contributed by atoms with Gasteiger partial charge in [0.25, 0.3) is 5.91 Å². The third-order valence-electron chi connectivity index (χ3n) is 3.84. The number of nitrogens with one attached hydrogen (secondary N) is 3. The molecule has 3 N–H and O–H groups in total. The van der Waals surface area contributed by atoms with Gasteiger partial charge in [-0.15, -0.1) is 0 Å². The first-order chi connectivity index (χ1) is 14.0. The molecule has 0 aliphatic rings. The summed E-state index contributed by atoms with van der Waals surface area (Å²) < 4.78 is 5.02. The molecule has 8 nitrogen and oxygen atoms in total. The van der Waals surface area contributed by atoms with Crippen LogP contribution in [0.25, 0.3) is 0 Å². The van der Waals surface area contributed by atoms with Crippen LogP contribution in [-0.2, 0) is 9.59 Å². The first kappa shape index (κ1) is 19.6. The van der Waals surface area contributed by atoms with E-state index in [-0.39, 0.29) is 11.3 Å². The number of benzene rings is 2. The van der Waals surface area contributed by atoms with E-state index in [0.29, 0.717) is 11.4 Å². The van der Waals surface area contributed by atoms with Crippen LogP contribution in [0.3, 0.4) is 0 Å². The van der Waals surface area contributed by atoms with E-state index in [4.69, 9.17) is 4.42 Å². The molecule has 1 aromatic heterocycles. The van der Waals surface area contributed by atoms with E-state index in [1.54, 1.807) is 42.5 Å². The van der Waals surface area contributed by atoms with Crippen LogP contribution in [0.5, 0.6) is 0 Å². The van der Waals surface area contributed by atoms with Gasteiger partial charge >= 0.3 is 11.8 Å². The smallest absolute Gasteiger partial charge is 0.329 e. The molecule has 1 heterocycles. The number of para-hydroxylation sites is 1. The minimum absolute atomic E-state index is 0.201. The van der Waals surface area contributed by atoms with Crippen molar-refractivity contribution in [1.82, 2.24) is 5.43 Å². The quantitative estimate of drug-likeness (QED) is 0.353. The Hall–Kier alpha value is -4.20. The Bertz CT molecular complexity index is 1040. The van der Waals surface area contributed by atoms with Crippen LogP contribution in [0.4, 0.5) is 11.4 Å². The lowest BCUT2D eigenvalue weighted by atomic mass is 10.1. The molecule has 3 rings (SSSR count). The van der Waals surface area contributed by atoms with Crippen LogP contribution in [0.15, 0.2) is 76.4 Å². The van der Waals surface area contributed by atoms with Crippen LogP contribution < -0.4 is 16.1 Å². The highest BCUT2D eigenvalue weighted by Crippen LogP contribution is 2.18. The number of anilines is 2. The van der Waals surface area contributed by atoms with Crippen molar-refractivity contribution in [2.75, 3.05) is 10.6 Å². The van der Waals surface area contributed by atoms with Crippen molar-refractivity contribution in [2.45, 2.75) is 6.92 Å². The Labute approximate surface area is 166 Å². The van der Waals surface area contributed by atoms with Crippen LogP contribution >= 0.6 is 0 Å². The van der Waals surface area contributed by atoms with Crippen molar-refractivity contribution >= 4 is 35.3 Å². The second-order valence-corrected chi connectivity index (χ2v) is 6.03. The average Bonchev–Trinajstić information content (AvgIpc) is 3.23. The highest BCUT2D eigenvalue weighted by molar-refractivity contribution is 6.40. The molecule has 0 bridgehead atoms. The summed E-state index contributed by atoms with van der Waals surface area (Å²) in [6.07, 6.45) is 2.71. The van der Waals surface area contributed by atoms with Gasteiger partial charge in [0.2, 0.25) is 0 Å². The highest BCUT2D eigenvalue weighted by Gasteiger charge is 2.17. The average molecular weight is 390 g/mol.